The van der Waals surface area contributed by atoms with E-state index >= 15 is 0 Å². The Hall–Kier alpha value is -1.68. The molecule has 2 aromatic rings. The molecule has 2 rings (SSSR count). The van der Waals surface area contributed by atoms with Gasteiger partial charge in [-0.2, -0.15) is 5.10 Å². The van der Waals surface area contributed by atoms with E-state index in [0.29, 0.717) is 6.54 Å². The van der Waals surface area contributed by atoms with Gasteiger partial charge in [-0.1, -0.05) is 0 Å². The van der Waals surface area contributed by atoms with Crippen molar-refractivity contribution in [3.8, 4) is 11.3 Å². The third-order valence-electron chi connectivity index (χ3n) is 2.42. The summed E-state index contributed by atoms with van der Waals surface area (Å²) < 4.78 is 14.9. The van der Waals surface area contributed by atoms with Gasteiger partial charge in [-0.25, -0.2) is 4.39 Å². The first kappa shape index (κ1) is 10.8. The molecule has 0 amide bonds. The molecule has 0 fully saturated rings. The Balaban J connectivity index is 2.47. The molecule has 0 unspecified atom stereocenters. The molecule has 1 heterocycles. The molecule has 1 aromatic heterocycles. The highest BCUT2D eigenvalue weighted by Crippen LogP contribution is 2.22. The number of nitrogens with one attached hydrogen (secondary N) is 1. The average Bonchev–Trinajstić information content (AvgIpc) is 2.65. The lowest BCUT2D eigenvalue weighted by Gasteiger charge is -2.06. The minimum Gasteiger partial charge on any atom is -0.316 e. The molecule has 3 nitrogen and oxygen atoms in total. The Morgan fingerprint density at radius 1 is 1.38 bits per heavy atom. The summed E-state index contributed by atoms with van der Waals surface area (Å²) in [7, 11) is 3.71. The van der Waals surface area contributed by atoms with Gasteiger partial charge >= 0.3 is 0 Å². The molecule has 0 saturated carbocycles. The highest BCUT2D eigenvalue weighted by molar-refractivity contribution is 5.63. The van der Waals surface area contributed by atoms with Crippen LogP contribution in [0.1, 0.15) is 5.56 Å². The van der Waals surface area contributed by atoms with Crippen LogP contribution in [-0.4, -0.2) is 16.8 Å². The van der Waals surface area contributed by atoms with E-state index in [4.69, 9.17) is 0 Å². The van der Waals surface area contributed by atoms with E-state index in [0.717, 1.165) is 16.8 Å². The van der Waals surface area contributed by atoms with Crippen LogP contribution in [0.3, 0.4) is 0 Å². The zero-order chi connectivity index (χ0) is 11.5. The van der Waals surface area contributed by atoms with Crippen molar-refractivity contribution in [1.29, 1.82) is 0 Å². The number of aromatic nitrogens is 2. The van der Waals surface area contributed by atoms with E-state index < -0.39 is 0 Å². The SMILES string of the molecule is CNCc1cc(F)ccc1-c1ccn(C)n1. The van der Waals surface area contributed by atoms with E-state index in [-0.39, 0.29) is 5.82 Å². The quantitative estimate of drug-likeness (QED) is 0.855. The van der Waals surface area contributed by atoms with Gasteiger partial charge in [0.25, 0.3) is 0 Å². The summed E-state index contributed by atoms with van der Waals surface area (Å²) in [5.74, 6) is -0.218. The van der Waals surface area contributed by atoms with Gasteiger partial charge < -0.3 is 5.32 Å². The van der Waals surface area contributed by atoms with Crippen LogP contribution >= 0.6 is 0 Å². The number of hydrogen-bond acceptors (Lipinski definition) is 2. The third-order valence-corrected chi connectivity index (χ3v) is 2.42. The second-order valence-corrected chi connectivity index (χ2v) is 3.71. The molecule has 0 spiro atoms. The van der Waals surface area contributed by atoms with E-state index in [2.05, 4.69) is 10.4 Å². The molecule has 0 saturated heterocycles. The van der Waals surface area contributed by atoms with Crippen molar-refractivity contribution in [3.05, 3.63) is 41.8 Å². The lowest BCUT2D eigenvalue weighted by atomic mass is 10.0. The topological polar surface area (TPSA) is 29.9 Å². The molecule has 1 N–H and O–H groups in total. The summed E-state index contributed by atoms with van der Waals surface area (Å²) in [4.78, 5) is 0. The van der Waals surface area contributed by atoms with Crippen LogP contribution in [0.5, 0.6) is 0 Å². The van der Waals surface area contributed by atoms with E-state index in [9.17, 15) is 4.39 Å². The molecule has 0 atom stereocenters. The number of hydrogen-bond donors (Lipinski definition) is 1. The molecular formula is C12H14FN3. The number of aryl methyl sites for hydroxylation is 1. The molecule has 84 valence electrons. The number of rotatable bonds is 3. The van der Waals surface area contributed by atoms with Gasteiger partial charge in [-0.05, 0) is 36.9 Å². The summed E-state index contributed by atoms with van der Waals surface area (Å²) in [6.45, 7) is 0.629. The van der Waals surface area contributed by atoms with Gasteiger partial charge in [0.15, 0.2) is 0 Å². The van der Waals surface area contributed by atoms with Crippen molar-refractivity contribution in [2.45, 2.75) is 6.54 Å². The van der Waals surface area contributed by atoms with Crippen molar-refractivity contribution >= 4 is 0 Å². The van der Waals surface area contributed by atoms with Gasteiger partial charge in [0.05, 0.1) is 5.69 Å². The van der Waals surface area contributed by atoms with Crippen LogP contribution in [0.4, 0.5) is 4.39 Å². The molecule has 0 radical (unpaired) electrons. The van der Waals surface area contributed by atoms with E-state index in [1.807, 2.05) is 26.4 Å². The Labute approximate surface area is 93.9 Å². The Morgan fingerprint density at radius 3 is 2.81 bits per heavy atom. The maximum Gasteiger partial charge on any atom is 0.123 e. The van der Waals surface area contributed by atoms with Crippen molar-refractivity contribution in [2.24, 2.45) is 7.05 Å². The predicted molar refractivity (Wildman–Crippen MR) is 61.4 cm³/mol. The highest BCUT2D eigenvalue weighted by Gasteiger charge is 2.08. The van der Waals surface area contributed by atoms with E-state index in [1.54, 1.807) is 16.8 Å². The number of nitrogens with zero attached hydrogens (tertiary/aromatic N) is 2. The maximum absolute atomic E-state index is 13.1. The average molecular weight is 219 g/mol. The predicted octanol–water partition coefficient (Wildman–Crippen LogP) is 1.95. The summed E-state index contributed by atoms with van der Waals surface area (Å²) >= 11 is 0. The van der Waals surface area contributed by atoms with Crippen LogP contribution in [-0.2, 0) is 13.6 Å². The summed E-state index contributed by atoms with van der Waals surface area (Å²) in [5.41, 5.74) is 2.75. The minimum absolute atomic E-state index is 0.218. The maximum atomic E-state index is 13.1. The Kier molecular flexibility index (Phi) is 3.01. The molecular weight excluding hydrogens is 205 g/mol. The molecule has 0 aliphatic heterocycles. The highest BCUT2D eigenvalue weighted by atomic mass is 19.1. The molecule has 1 aromatic carbocycles. The van der Waals surface area contributed by atoms with Gasteiger partial charge in [0.1, 0.15) is 5.82 Å². The second-order valence-electron chi connectivity index (χ2n) is 3.71. The minimum atomic E-state index is -0.218. The van der Waals surface area contributed by atoms with Crippen molar-refractivity contribution in [1.82, 2.24) is 15.1 Å². The smallest absolute Gasteiger partial charge is 0.123 e. The first-order chi connectivity index (χ1) is 7.70. The first-order valence-electron chi connectivity index (χ1n) is 5.14. The number of benzene rings is 1. The van der Waals surface area contributed by atoms with Gasteiger partial charge in [-0.3, -0.25) is 4.68 Å². The molecule has 4 heteroatoms. The van der Waals surface area contributed by atoms with Crippen LogP contribution in [0.25, 0.3) is 11.3 Å². The third kappa shape index (κ3) is 2.12. The molecule has 0 aliphatic carbocycles. The summed E-state index contributed by atoms with van der Waals surface area (Å²) in [6.07, 6.45) is 1.88. The fourth-order valence-electron chi connectivity index (χ4n) is 1.71. The van der Waals surface area contributed by atoms with Gasteiger partial charge in [0.2, 0.25) is 0 Å². The lowest BCUT2D eigenvalue weighted by Crippen LogP contribution is -2.07. The van der Waals surface area contributed by atoms with Crippen LogP contribution in [0.15, 0.2) is 30.5 Å². The monoisotopic (exact) mass is 219 g/mol. The molecule has 16 heavy (non-hydrogen) atoms. The zero-order valence-corrected chi connectivity index (χ0v) is 9.37. The summed E-state index contributed by atoms with van der Waals surface area (Å²) in [5, 5.41) is 7.35. The normalized spacial score (nSPS) is 10.7. The van der Waals surface area contributed by atoms with Crippen molar-refractivity contribution < 1.29 is 4.39 Å². The first-order valence-corrected chi connectivity index (χ1v) is 5.14. The van der Waals surface area contributed by atoms with Gasteiger partial charge in [0, 0.05) is 25.4 Å². The fraction of sp³-hybridized carbons (Fsp3) is 0.250. The Bertz CT molecular complexity index is 491. The largest absolute Gasteiger partial charge is 0.316 e. The van der Waals surface area contributed by atoms with Crippen LogP contribution < -0.4 is 5.32 Å². The van der Waals surface area contributed by atoms with Crippen molar-refractivity contribution in [2.75, 3.05) is 7.05 Å². The van der Waals surface area contributed by atoms with E-state index in [1.165, 1.54) is 6.07 Å². The van der Waals surface area contributed by atoms with Gasteiger partial charge in [-0.15, -0.1) is 0 Å². The standard InChI is InChI=1S/C12H14FN3/c1-14-8-9-7-10(13)3-4-11(9)12-5-6-16(2)15-12/h3-7,14H,8H2,1-2H3. The fourth-order valence-corrected chi connectivity index (χ4v) is 1.71. The number of halogens is 1. The van der Waals surface area contributed by atoms with Crippen LogP contribution in [0.2, 0.25) is 0 Å². The molecule has 0 bridgehead atoms. The second kappa shape index (κ2) is 4.45. The Morgan fingerprint density at radius 2 is 2.19 bits per heavy atom. The van der Waals surface area contributed by atoms with Crippen molar-refractivity contribution in [3.63, 3.8) is 0 Å². The molecule has 0 aliphatic rings. The summed E-state index contributed by atoms with van der Waals surface area (Å²) in [6, 6.07) is 6.69. The van der Waals surface area contributed by atoms with Crippen LogP contribution in [0, 0.1) is 5.82 Å². The lowest BCUT2D eigenvalue weighted by molar-refractivity contribution is 0.624. The zero-order valence-electron chi connectivity index (χ0n) is 9.37.